The van der Waals surface area contributed by atoms with E-state index in [2.05, 4.69) is 0 Å². The third-order valence-electron chi connectivity index (χ3n) is 1.91. The van der Waals surface area contributed by atoms with Crippen molar-refractivity contribution in [3.8, 4) is 0 Å². The van der Waals surface area contributed by atoms with Crippen molar-refractivity contribution in [2.45, 2.75) is 18.6 Å². The Hall–Kier alpha value is -0.610. The van der Waals surface area contributed by atoms with Gasteiger partial charge in [-0.25, -0.2) is 0 Å². The van der Waals surface area contributed by atoms with E-state index in [9.17, 15) is 9.90 Å². The molecule has 0 unspecified atom stereocenters. The Labute approximate surface area is 59.6 Å². The topological polar surface area (TPSA) is 66.6 Å². The standard InChI is InChI=1S/C6H12N2O2/c1-8-3-2-4(9)5(8)6(7)10/h4-5,9H,2-3H2,1H3,(H2,7,10)/t4-,5+/m1/s1. The molecule has 3 N–H and O–H groups in total. The zero-order valence-electron chi connectivity index (χ0n) is 5.95. The summed E-state index contributed by atoms with van der Waals surface area (Å²) in [5.74, 6) is -0.437. The molecule has 0 spiro atoms. The molecule has 0 saturated carbocycles. The van der Waals surface area contributed by atoms with E-state index in [4.69, 9.17) is 5.73 Å². The fraction of sp³-hybridized carbons (Fsp3) is 0.833. The quantitative estimate of drug-likeness (QED) is 0.472. The van der Waals surface area contributed by atoms with Gasteiger partial charge in [-0.15, -0.1) is 0 Å². The first-order valence-electron chi connectivity index (χ1n) is 3.30. The van der Waals surface area contributed by atoms with Gasteiger partial charge in [-0.1, -0.05) is 0 Å². The molecule has 0 aromatic carbocycles. The lowest BCUT2D eigenvalue weighted by atomic mass is 10.2. The number of aliphatic hydroxyl groups is 1. The molecule has 4 heteroatoms. The van der Waals surface area contributed by atoms with Gasteiger partial charge in [-0.3, -0.25) is 9.69 Å². The molecule has 2 atom stereocenters. The predicted molar refractivity (Wildman–Crippen MR) is 36.2 cm³/mol. The lowest BCUT2D eigenvalue weighted by Crippen LogP contribution is -2.43. The van der Waals surface area contributed by atoms with Crippen LogP contribution in [0.4, 0.5) is 0 Å². The Morgan fingerprint density at radius 3 is 2.60 bits per heavy atom. The summed E-state index contributed by atoms with van der Waals surface area (Å²) < 4.78 is 0. The number of nitrogens with two attached hydrogens (primary N) is 1. The van der Waals surface area contributed by atoms with Crippen LogP contribution in [-0.4, -0.2) is 41.7 Å². The van der Waals surface area contributed by atoms with Gasteiger partial charge in [0.2, 0.25) is 5.91 Å². The molecular weight excluding hydrogens is 132 g/mol. The molecule has 0 radical (unpaired) electrons. The van der Waals surface area contributed by atoms with Gasteiger partial charge in [0.25, 0.3) is 0 Å². The van der Waals surface area contributed by atoms with Gasteiger partial charge in [-0.05, 0) is 13.5 Å². The van der Waals surface area contributed by atoms with Crippen LogP contribution < -0.4 is 5.73 Å². The number of amides is 1. The Bertz CT molecular complexity index is 139. The van der Waals surface area contributed by atoms with Crippen LogP contribution in [-0.2, 0) is 4.79 Å². The maximum atomic E-state index is 10.6. The monoisotopic (exact) mass is 144 g/mol. The molecule has 1 aliphatic heterocycles. The highest BCUT2D eigenvalue weighted by atomic mass is 16.3. The molecular formula is C6H12N2O2. The second-order valence-electron chi connectivity index (χ2n) is 2.68. The largest absolute Gasteiger partial charge is 0.391 e. The number of hydrogen-bond donors (Lipinski definition) is 2. The third-order valence-corrected chi connectivity index (χ3v) is 1.91. The minimum absolute atomic E-state index is 0.437. The van der Waals surface area contributed by atoms with Crippen LogP contribution in [0.25, 0.3) is 0 Å². The highest BCUT2D eigenvalue weighted by molar-refractivity contribution is 5.80. The third kappa shape index (κ3) is 1.12. The van der Waals surface area contributed by atoms with E-state index in [-0.39, 0.29) is 0 Å². The average Bonchev–Trinajstić information content (AvgIpc) is 2.11. The Morgan fingerprint density at radius 1 is 1.80 bits per heavy atom. The number of likely N-dealkylation sites (tertiary alicyclic amines) is 1. The zero-order valence-corrected chi connectivity index (χ0v) is 5.95. The minimum Gasteiger partial charge on any atom is -0.391 e. The first-order valence-corrected chi connectivity index (χ1v) is 3.30. The van der Waals surface area contributed by atoms with Crippen LogP contribution in [0.15, 0.2) is 0 Å². The first-order chi connectivity index (χ1) is 4.63. The summed E-state index contributed by atoms with van der Waals surface area (Å²) in [7, 11) is 1.78. The van der Waals surface area contributed by atoms with Gasteiger partial charge in [0.15, 0.2) is 0 Å². The number of nitrogens with zero attached hydrogens (tertiary/aromatic N) is 1. The zero-order chi connectivity index (χ0) is 7.72. The fourth-order valence-corrected chi connectivity index (χ4v) is 1.33. The normalized spacial score (nSPS) is 34.6. The van der Waals surface area contributed by atoms with E-state index in [1.165, 1.54) is 0 Å². The summed E-state index contributed by atoms with van der Waals surface area (Å²) in [5.41, 5.74) is 5.04. The number of rotatable bonds is 1. The van der Waals surface area contributed by atoms with E-state index in [1.807, 2.05) is 0 Å². The number of hydrogen-bond acceptors (Lipinski definition) is 3. The molecule has 1 aliphatic rings. The number of likely N-dealkylation sites (N-methyl/N-ethyl adjacent to an activating group) is 1. The van der Waals surface area contributed by atoms with Crippen LogP contribution in [0, 0.1) is 0 Å². The van der Waals surface area contributed by atoms with E-state index in [0.29, 0.717) is 6.42 Å². The van der Waals surface area contributed by atoms with Gasteiger partial charge in [0.05, 0.1) is 6.10 Å². The van der Waals surface area contributed by atoms with Crippen molar-refractivity contribution >= 4 is 5.91 Å². The molecule has 0 aromatic rings. The molecule has 1 amide bonds. The second kappa shape index (κ2) is 2.56. The van der Waals surface area contributed by atoms with Crippen molar-refractivity contribution in [3.63, 3.8) is 0 Å². The van der Waals surface area contributed by atoms with Crippen molar-refractivity contribution in [2.75, 3.05) is 13.6 Å². The van der Waals surface area contributed by atoms with E-state index in [1.54, 1.807) is 11.9 Å². The maximum absolute atomic E-state index is 10.6. The fourth-order valence-electron chi connectivity index (χ4n) is 1.33. The number of carbonyl (C=O) groups is 1. The van der Waals surface area contributed by atoms with Crippen LogP contribution in [0.2, 0.25) is 0 Å². The molecule has 0 aliphatic carbocycles. The molecule has 1 fully saturated rings. The van der Waals surface area contributed by atoms with Crippen molar-refractivity contribution in [3.05, 3.63) is 0 Å². The van der Waals surface area contributed by atoms with Gasteiger partial charge in [-0.2, -0.15) is 0 Å². The first kappa shape index (κ1) is 7.50. The van der Waals surface area contributed by atoms with E-state index in [0.717, 1.165) is 6.54 Å². The van der Waals surface area contributed by atoms with Crippen molar-refractivity contribution in [2.24, 2.45) is 5.73 Å². The summed E-state index contributed by atoms with van der Waals surface area (Å²) in [6.07, 6.45) is 0.0758. The number of aliphatic hydroxyl groups excluding tert-OH is 1. The Kier molecular flexibility index (Phi) is 1.92. The van der Waals surface area contributed by atoms with E-state index < -0.39 is 18.1 Å². The van der Waals surface area contributed by atoms with Crippen LogP contribution in [0.3, 0.4) is 0 Å². The van der Waals surface area contributed by atoms with Crippen LogP contribution in [0.1, 0.15) is 6.42 Å². The van der Waals surface area contributed by atoms with Gasteiger partial charge in [0.1, 0.15) is 6.04 Å². The van der Waals surface area contributed by atoms with Gasteiger partial charge < -0.3 is 10.8 Å². The molecule has 1 saturated heterocycles. The van der Waals surface area contributed by atoms with Crippen molar-refractivity contribution in [1.29, 1.82) is 0 Å². The SMILES string of the molecule is CN1CC[C@@H](O)[C@H]1C(N)=O. The van der Waals surface area contributed by atoms with Crippen LogP contribution >= 0.6 is 0 Å². The van der Waals surface area contributed by atoms with Gasteiger partial charge >= 0.3 is 0 Å². The molecule has 1 heterocycles. The van der Waals surface area contributed by atoms with E-state index >= 15 is 0 Å². The summed E-state index contributed by atoms with van der Waals surface area (Å²) in [6, 6.07) is -0.472. The Morgan fingerprint density at radius 2 is 2.40 bits per heavy atom. The summed E-state index contributed by atoms with van der Waals surface area (Å²) in [5, 5.41) is 9.19. The maximum Gasteiger partial charge on any atom is 0.237 e. The second-order valence-corrected chi connectivity index (χ2v) is 2.68. The predicted octanol–water partition coefficient (Wildman–Crippen LogP) is -1.46. The number of carbonyl (C=O) groups excluding carboxylic acids is 1. The lowest BCUT2D eigenvalue weighted by Gasteiger charge is -2.17. The molecule has 0 bridgehead atoms. The summed E-state index contributed by atoms with van der Waals surface area (Å²) in [6.45, 7) is 0.745. The smallest absolute Gasteiger partial charge is 0.237 e. The van der Waals surface area contributed by atoms with Crippen LogP contribution in [0.5, 0.6) is 0 Å². The highest BCUT2D eigenvalue weighted by Gasteiger charge is 2.34. The highest BCUT2D eigenvalue weighted by Crippen LogP contribution is 2.14. The minimum atomic E-state index is -0.567. The molecule has 58 valence electrons. The average molecular weight is 144 g/mol. The van der Waals surface area contributed by atoms with Crippen molar-refractivity contribution in [1.82, 2.24) is 4.90 Å². The molecule has 10 heavy (non-hydrogen) atoms. The number of primary amides is 1. The Balaban J connectivity index is 2.63. The molecule has 0 aromatic heterocycles. The lowest BCUT2D eigenvalue weighted by molar-refractivity contribution is -0.124. The molecule has 1 rings (SSSR count). The summed E-state index contributed by atoms with van der Waals surface area (Å²) in [4.78, 5) is 12.4. The summed E-state index contributed by atoms with van der Waals surface area (Å²) >= 11 is 0. The molecule has 4 nitrogen and oxygen atoms in total. The van der Waals surface area contributed by atoms with Crippen molar-refractivity contribution < 1.29 is 9.90 Å². The van der Waals surface area contributed by atoms with Gasteiger partial charge in [0, 0.05) is 6.54 Å².